The van der Waals surface area contributed by atoms with Crippen molar-refractivity contribution in [2.45, 2.75) is 38.7 Å². The first-order valence-corrected chi connectivity index (χ1v) is 8.61. The number of ether oxygens (including phenoxy) is 2. The lowest BCUT2D eigenvalue weighted by Crippen LogP contribution is -2.15. The largest absolute Gasteiger partial charge is 0.488 e. The van der Waals surface area contributed by atoms with Crippen LogP contribution in [-0.4, -0.2) is 19.3 Å². The Labute approximate surface area is 143 Å². The minimum Gasteiger partial charge on any atom is -0.488 e. The van der Waals surface area contributed by atoms with Gasteiger partial charge in [-0.3, -0.25) is 0 Å². The van der Waals surface area contributed by atoms with Gasteiger partial charge in [-0.25, -0.2) is 0 Å². The minimum absolute atomic E-state index is 0.193. The van der Waals surface area contributed by atoms with E-state index in [1.165, 1.54) is 16.7 Å². The maximum absolute atomic E-state index is 6.36. The second-order valence-corrected chi connectivity index (χ2v) is 6.84. The first-order chi connectivity index (χ1) is 11.1. The Balaban J connectivity index is 1.69. The van der Waals surface area contributed by atoms with Gasteiger partial charge in [-0.1, -0.05) is 49.7 Å². The van der Waals surface area contributed by atoms with Crippen molar-refractivity contribution in [1.82, 2.24) is 0 Å². The van der Waals surface area contributed by atoms with E-state index in [0.717, 1.165) is 30.2 Å². The maximum Gasteiger partial charge on any atom is 0.124 e. The lowest BCUT2D eigenvalue weighted by atomic mass is 9.97. The molecule has 2 aromatic rings. The van der Waals surface area contributed by atoms with E-state index in [1.807, 2.05) is 18.2 Å². The molecule has 0 spiro atoms. The topological polar surface area (TPSA) is 18.5 Å². The molecule has 0 aliphatic carbocycles. The van der Waals surface area contributed by atoms with Crippen LogP contribution >= 0.6 is 11.6 Å². The Morgan fingerprint density at radius 3 is 2.61 bits per heavy atom. The standard InChI is InChI=1S/C20H23ClO2/c1-14(2)16-5-8-20(21)17(12-16)11-15-3-6-18(7-4-15)23-19-9-10-22-13-19/h3-8,12,14,19H,9-11,13H2,1-2H3/t19-/m0/s1. The Hall–Kier alpha value is -1.51. The second-order valence-electron chi connectivity index (χ2n) is 6.43. The van der Waals surface area contributed by atoms with Crippen molar-refractivity contribution in [2.75, 3.05) is 13.2 Å². The predicted octanol–water partition coefficient (Wildman–Crippen LogP) is 5.22. The van der Waals surface area contributed by atoms with Crippen LogP contribution in [0.1, 0.15) is 42.9 Å². The molecular formula is C20H23ClO2. The molecule has 0 radical (unpaired) electrons. The zero-order valence-electron chi connectivity index (χ0n) is 13.7. The van der Waals surface area contributed by atoms with Crippen LogP contribution in [0.15, 0.2) is 42.5 Å². The molecule has 23 heavy (non-hydrogen) atoms. The highest BCUT2D eigenvalue weighted by Gasteiger charge is 2.17. The minimum atomic E-state index is 0.193. The number of benzene rings is 2. The van der Waals surface area contributed by atoms with Crippen LogP contribution in [0.5, 0.6) is 5.75 Å². The monoisotopic (exact) mass is 330 g/mol. The fraction of sp³-hybridized carbons (Fsp3) is 0.400. The molecule has 0 bridgehead atoms. The van der Waals surface area contributed by atoms with Crippen LogP contribution in [0.3, 0.4) is 0 Å². The average molecular weight is 331 g/mol. The van der Waals surface area contributed by atoms with Gasteiger partial charge >= 0.3 is 0 Å². The molecule has 1 saturated heterocycles. The van der Waals surface area contributed by atoms with Gasteiger partial charge in [0.15, 0.2) is 0 Å². The summed E-state index contributed by atoms with van der Waals surface area (Å²) in [5, 5.41) is 0.831. The van der Waals surface area contributed by atoms with Crippen LogP contribution in [0, 0.1) is 0 Å². The van der Waals surface area contributed by atoms with Gasteiger partial charge in [0.25, 0.3) is 0 Å². The Bertz CT molecular complexity index is 643. The first-order valence-electron chi connectivity index (χ1n) is 8.23. The summed E-state index contributed by atoms with van der Waals surface area (Å²) in [4.78, 5) is 0. The summed E-state index contributed by atoms with van der Waals surface area (Å²) in [5.74, 6) is 1.42. The highest BCUT2D eigenvalue weighted by atomic mass is 35.5. The fourth-order valence-electron chi connectivity index (χ4n) is 2.79. The van der Waals surface area contributed by atoms with Crippen molar-refractivity contribution >= 4 is 11.6 Å². The Kier molecular flexibility index (Phi) is 5.24. The van der Waals surface area contributed by atoms with Crippen molar-refractivity contribution < 1.29 is 9.47 Å². The van der Waals surface area contributed by atoms with Crippen molar-refractivity contribution in [3.8, 4) is 5.75 Å². The molecule has 1 aliphatic heterocycles. The SMILES string of the molecule is CC(C)c1ccc(Cl)c(Cc2ccc(O[C@H]3CCOC3)cc2)c1. The number of halogens is 1. The van der Waals surface area contributed by atoms with E-state index in [2.05, 4.69) is 38.1 Å². The molecule has 122 valence electrons. The molecule has 0 unspecified atom stereocenters. The third-order valence-electron chi connectivity index (χ3n) is 4.25. The highest BCUT2D eigenvalue weighted by molar-refractivity contribution is 6.31. The maximum atomic E-state index is 6.36. The molecular weight excluding hydrogens is 308 g/mol. The molecule has 0 aromatic heterocycles. The molecule has 1 fully saturated rings. The Morgan fingerprint density at radius 1 is 1.17 bits per heavy atom. The quantitative estimate of drug-likeness (QED) is 0.748. The van der Waals surface area contributed by atoms with E-state index >= 15 is 0 Å². The summed E-state index contributed by atoms with van der Waals surface area (Å²) in [7, 11) is 0. The Morgan fingerprint density at radius 2 is 1.96 bits per heavy atom. The molecule has 1 heterocycles. The summed E-state index contributed by atoms with van der Waals surface area (Å²) < 4.78 is 11.2. The number of rotatable bonds is 5. The van der Waals surface area contributed by atoms with E-state index in [-0.39, 0.29) is 6.10 Å². The van der Waals surface area contributed by atoms with Gasteiger partial charge in [0, 0.05) is 11.4 Å². The predicted molar refractivity (Wildman–Crippen MR) is 94.6 cm³/mol. The van der Waals surface area contributed by atoms with Gasteiger partial charge in [-0.05, 0) is 47.2 Å². The van der Waals surface area contributed by atoms with E-state index in [9.17, 15) is 0 Å². The van der Waals surface area contributed by atoms with E-state index in [4.69, 9.17) is 21.1 Å². The van der Waals surface area contributed by atoms with E-state index < -0.39 is 0 Å². The van der Waals surface area contributed by atoms with E-state index in [1.54, 1.807) is 0 Å². The van der Waals surface area contributed by atoms with Crippen molar-refractivity contribution in [3.63, 3.8) is 0 Å². The zero-order valence-corrected chi connectivity index (χ0v) is 14.5. The average Bonchev–Trinajstić information content (AvgIpc) is 3.04. The summed E-state index contributed by atoms with van der Waals surface area (Å²) in [6.45, 7) is 5.89. The highest BCUT2D eigenvalue weighted by Crippen LogP contribution is 2.25. The van der Waals surface area contributed by atoms with Gasteiger partial charge in [0.2, 0.25) is 0 Å². The molecule has 2 nitrogen and oxygen atoms in total. The normalized spacial score (nSPS) is 17.7. The molecule has 3 rings (SSSR count). The van der Waals surface area contributed by atoms with Crippen LogP contribution in [0.4, 0.5) is 0 Å². The smallest absolute Gasteiger partial charge is 0.124 e. The van der Waals surface area contributed by atoms with Gasteiger partial charge in [-0.15, -0.1) is 0 Å². The molecule has 2 aromatic carbocycles. The second kappa shape index (κ2) is 7.37. The van der Waals surface area contributed by atoms with Crippen LogP contribution < -0.4 is 4.74 Å². The lowest BCUT2D eigenvalue weighted by molar-refractivity contribution is 0.141. The summed E-state index contributed by atoms with van der Waals surface area (Å²) in [6.07, 6.45) is 2.00. The zero-order chi connectivity index (χ0) is 16.2. The molecule has 3 heteroatoms. The van der Waals surface area contributed by atoms with Crippen LogP contribution in [-0.2, 0) is 11.2 Å². The third kappa shape index (κ3) is 4.27. The van der Waals surface area contributed by atoms with Crippen LogP contribution in [0.25, 0.3) is 0 Å². The summed E-state index contributed by atoms with van der Waals surface area (Å²) >= 11 is 6.36. The van der Waals surface area contributed by atoms with Gasteiger partial charge in [0.05, 0.1) is 13.2 Å². The van der Waals surface area contributed by atoms with Gasteiger partial charge in [-0.2, -0.15) is 0 Å². The summed E-state index contributed by atoms with van der Waals surface area (Å²) in [6, 6.07) is 14.6. The van der Waals surface area contributed by atoms with Gasteiger partial charge in [0.1, 0.15) is 11.9 Å². The summed E-state index contributed by atoms with van der Waals surface area (Å²) in [5.41, 5.74) is 3.74. The van der Waals surface area contributed by atoms with Crippen molar-refractivity contribution in [1.29, 1.82) is 0 Å². The van der Waals surface area contributed by atoms with Crippen LogP contribution in [0.2, 0.25) is 5.02 Å². The first kappa shape index (κ1) is 16.4. The lowest BCUT2D eigenvalue weighted by Gasteiger charge is -2.13. The molecule has 1 aliphatic rings. The number of hydrogen-bond acceptors (Lipinski definition) is 2. The molecule has 1 atom stereocenters. The third-order valence-corrected chi connectivity index (χ3v) is 4.61. The molecule has 0 amide bonds. The number of hydrogen-bond donors (Lipinski definition) is 0. The van der Waals surface area contributed by atoms with Crippen molar-refractivity contribution in [2.24, 2.45) is 0 Å². The fourth-order valence-corrected chi connectivity index (χ4v) is 2.98. The van der Waals surface area contributed by atoms with Gasteiger partial charge < -0.3 is 9.47 Å². The molecule has 0 saturated carbocycles. The van der Waals surface area contributed by atoms with Crippen molar-refractivity contribution in [3.05, 3.63) is 64.2 Å². The molecule has 0 N–H and O–H groups in total. The van der Waals surface area contributed by atoms with E-state index in [0.29, 0.717) is 12.5 Å².